The highest BCUT2D eigenvalue weighted by atomic mass is 16.1. The maximum Gasteiger partial charge on any atom is 0.278 e. The summed E-state index contributed by atoms with van der Waals surface area (Å²) < 4.78 is 0. The van der Waals surface area contributed by atoms with Crippen molar-refractivity contribution in [2.75, 3.05) is 5.73 Å². The second-order valence-corrected chi connectivity index (χ2v) is 2.80. The molecule has 2 aromatic heterocycles. The number of H-pyrrole nitrogens is 2. The van der Waals surface area contributed by atoms with Crippen molar-refractivity contribution in [2.24, 2.45) is 0 Å². The summed E-state index contributed by atoms with van der Waals surface area (Å²) in [7, 11) is 0. The third-order valence-electron chi connectivity index (χ3n) is 1.76. The average molecular weight is 193 g/mol. The highest BCUT2D eigenvalue weighted by molar-refractivity contribution is 5.68. The summed E-state index contributed by atoms with van der Waals surface area (Å²) in [6.45, 7) is 1.53. The molecule has 2 rings (SSSR count). The number of nitrogens with one attached hydrogen (secondary N) is 2. The number of fused-ring (bicyclic) bond motifs is 1. The summed E-state index contributed by atoms with van der Waals surface area (Å²) in [6.07, 6.45) is 0. The van der Waals surface area contributed by atoms with E-state index in [0.717, 1.165) is 0 Å². The summed E-state index contributed by atoms with van der Waals surface area (Å²) in [6, 6.07) is 0. The van der Waals surface area contributed by atoms with Crippen molar-refractivity contribution in [1.82, 2.24) is 19.9 Å². The molecule has 0 bridgehead atoms. The molecule has 14 heavy (non-hydrogen) atoms. The molecule has 0 spiro atoms. The third kappa shape index (κ3) is 1.15. The van der Waals surface area contributed by atoms with Gasteiger partial charge in [-0.25, -0.2) is 4.98 Å². The first-order valence-electron chi connectivity index (χ1n) is 3.84. The molecule has 7 heteroatoms. The molecule has 0 aliphatic rings. The number of nitrogens with two attached hydrogens (primary N) is 1. The van der Waals surface area contributed by atoms with Crippen LogP contribution in [0.2, 0.25) is 0 Å². The van der Waals surface area contributed by atoms with Gasteiger partial charge in [0.25, 0.3) is 11.1 Å². The van der Waals surface area contributed by atoms with Crippen LogP contribution < -0.4 is 16.9 Å². The van der Waals surface area contributed by atoms with Gasteiger partial charge >= 0.3 is 0 Å². The lowest BCUT2D eigenvalue weighted by Gasteiger charge is -1.97. The van der Waals surface area contributed by atoms with Crippen LogP contribution in [-0.4, -0.2) is 19.9 Å². The van der Waals surface area contributed by atoms with Gasteiger partial charge in [0.1, 0.15) is 5.69 Å². The summed E-state index contributed by atoms with van der Waals surface area (Å²) >= 11 is 0. The Labute approximate surface area is 77.0 Å². The van der Waals surface area contributed by atoms with Crippen LogP contribution in [0.1, 0.15) is 5.69 Å². The van der Waals surface area contributed by atoms with E-state index in [1.54, 1.807) is 0 Å². The minimum Gasteiger partial charge on any atom is -0.369 e. The summed E-state index contributed by atoms with van der Waals surface area (Å²) in [5.41, 5.74) is 4.83. The SMILES string of the molecule is Cc1nc2nc(N)[nH]c(=O)c2[nH]c1=O. The van der Waals surface area contributed by atoms with Crippen LogP contribution in [0.5, 0.6) is 0 Å². The molecular weight excluding hydrogens is 186 g/mol. The van der Waals surface area contributed by atoms with Gasteiger partial charge < -0.3 is 10.7 Å². The first kappa shape index (κ1) is 8.42. The molecule has 0 aliphatic heterocycles. The minimum atomic E-state index is -0.503. The van der Waals surface area contributed by atoms with E-state index in [-0.39, 0.29) is 22.8 Å². The van der Waals surface area contributed by atoms with Gasteiger partial charge in [0.05, 0.1) is 0 Å². The molecule has 0 saturated heterocycles. The Kier molecular flexibility index (Phi) is 1.60. The largest absolute Gasteiger partial charge is 0.369 e. The van der Waals surface area contributed by atoms with Crippen LogP contribution in [-0.2, 0) is 0 Å². The molecule has 72 valence electrons. The standard InChI is InChI=1S/C7H7N5O2/c1-2-5(13)10-3-4(9-2)11-7(8)12-6(3)14/h1H3,(H,10,13)(H3,8,9,11,12,14). The topological polar surface area (TPSA) is 118 Å². The zero-order chi connectivity index (χ0) is 10.3. The van der Waals surface area contributed by atoms with Crippen LogP contribution >= 0.6 is 0 Å². The molecule has 0 radical (unpaired) electrons. The van der Waals surface area contributed by atoms with Crippen LogP contribution in [0, 0.1) is 6.92 Å². The first-order chi connectivity index (χ1) is 6.58. The Morgan fingerprint density at radius 3 is 2.57 bits per heavy atom. The lowest BCUT2D eigenvalue weighted by Crippen LogP contribution is -2.20. The maximum absolute atomic E-state index is 11.3. The lowest BCUT2D eigenvalue weighted by atomic mass is 10.4. The Bertz CT molecular complexity index is 611. The highest BCUT2D eigenvalue weighted by Gasteiger charge is 2.05. The van der Waals surface area contributed by atoms with E-state index < -0.39 is 11.1 Å². The van der Waals surface area contributed by atoms with E-state index >= 15 is 0 Å². The summed E-state index contributed by atoms with van der Waals surface area (Å²) in [4.78, 5) is 34.7. The van der Waals surface area contributed by atoms with E-state index in [4.69, 9.17) is 5.73 Å². The van der Waals surface area contributed by atoms with Gasteiger partial charge in [-0.15, -0.1) is 0 Å². The zero-order valence-corrected chi connectivity index (χ0v) is 7.29. The van der Waals surface area contributed by atoms with Crippen molar-refractivity contribution < 1.29 is 0 Å². The van der Waals surface area contributed by atoms with E-state index in [0.29, 0.717) is 0 Å². The van der Waals surface area contributed by atoms with Gasteiger partial charge in [0.2, 0.25) is 5.95 Å². The van der Waals surface area contributed by atoms with Crippen molar-refractivity contribution in [3.63, 3.8) is 0 Å². The average Bonchev–Trinajstić information content (AvgIpc) is 2.08. The Morgan fingerprint density at radius 1 is 1.14 bits per heavy atom. The second kappa shape index (κ2) is 2.66. The van der Waals surface area contributed by atoms with Gasteiger partial charge in [0.15, 0.2) is 11.2 Å². The van der Waals surface area contributed by atoms with Gasteiger partial charge in [-0.1, -0.05) is 0 Å². The molecule has 2 aromatic rings. The molecule has 0 saturated carbocycles. The minimum absolute atomic E-state index is 0.0264. The van der Waals surface area contributed by atoms with E-state index in [1.807, 2.05) is 0 Å². The fraction of sp³-hybridized carbons (Fsp3) is 0.143. The van der Waals surface area contributed by atoms with Crippen molar-refractivity contribution in [3.05, 3.63) is 26.4 Å². The number of nitrogen functional groups attached to an aromatic ring is 1. The molecule has 0 aromatic carbocycles. The Morgan fingerprint density at radius 2 is 1.86 bits per heavy atom. The van der Waals surface area contributed by atoms with Crippen molar-refractivity contribution in [1.29, 1.82) is 0 Å². The fourth-order valence-electron chi connectivity index (χ4n) is 1.09. The predicted octanol–water partition coefficient (Wildman–Crippen LogP) is -1.10. The maximum atomic E-state index is 11.3. The Balaban J connectivity index is 3.04. The third-order valence-corrected chi connectivity index (χ3v) is 1.76. The number of anilines is 1. The van der Waals surface area contributed by atoms with Crippen molar-refractivity contribution in [3.8, 4) is 0 Å². The molecule has 2 heterocycles. The van der Waals surface area contributed by atoms with E-state index in [1.165, 1.54) is 6.92 Å². The molecule has 0 unspecified atom stereocenters. The van der Waals surface area contributed by atoms with Crippen LogP contribution in [0.4, 0.5) is 5.95 Å². The predicted molar refractivity (Wildman–Crippen MR) is 49.9 cm³/mol. The van der Waals surface area contributed by atoms with Crippen LogP contribution in [0.15, 0.2) is 9.59 Å². The molecule has 4 N–H and O–H groups in total. The van der Waals surface area contributed by atoms with Crippen LogP contribution in [0.25, 0.3) is 11.2 Å². The van der Waals surface area contributed by atoms with Gasteiger partial charge in [-0.05, 0) is 6.92 Å². The number of hydrogen-bond acceptors (Lipinski definition) is 5. The number of hydrogen-bond donors (Lipinski definition) is 3. The van der Waals surface area contributed by atoms with E-state index in [9.17, 15) is 9.59 Å². The monoisotopic (exact) mass is 193 g/mol. The van der Waals surface area contributed by atoms with E-state index in [2.05, 4.69) is 19.9 Å². The molecule has 0 atom stereocenters. The number of aromatic nitrogens is 4. The summed E-state index contributed by atoms with van der Waals surface area (Å²) in [5, 5.41) is 0. The quantitative estimate of drug-likeness (QED) is 0.490. The molecular formula is C7H7N5O2. The number of aromatic amines is 2. The molecule has 0 aliphatic carbocycles. The zero-order valence-electron chi connectivity index (χ0n) is 7.29. The fourth-order valence-corrected chi connectivity index (χ4v) is 1.09. The normalized spacial score (nSPS) is 10.6. The lowest BCUT2D eigenvalue weighted by molar-refractivity contribution is 1.06. The van der Waals surface area contributed by atoms with Gasteiger partial charge in [0, 0.05) is 0 Å². The highest BCUT2D eigenvalue weighted by Crippen LogP contribution is 1.98. The van der Waals surface area contributed by atoms with Gasteiger partial charge in [-0.2, -0.15) is 4.98 Å². The molecule has 7 nitrogen and oxygen atoms in total. The number of aryl methyl sites for hydroxylation is 1. The van der Waals surface area contributed by atoms with Gasteiger partial charge in [-0.3, -0.25) is 14.6 Å². The van der Waals surface area contributed by atoms with Crippen molar-refractivity contribution >= 4 is 17.1 Å². The van der Waals surface area contributed by atoms with Crippen molar-refractivity contribution in [2.45, 2.75) is 6.92 Å². The second-order valence-electron chi connectivity index (χ2n) is 2.80. The first-order valence-corrected chi connectivity index (χ1v) is 3.84. The van der Waals surface area contributed by atoms with Crippen LogP contribution in [0.3, 0.4) is 0 Å². The smallest absolute Gasteiger partial charge is 0.278 e. The number of nitrogens with zero attached hydrogens (tertiary/aromatic N) is 2. The summed E-state index contributed by atoms with van der Waals surface area (Å²) in [5.74, 6) is -0.0264. The Hall–Kier alpha value is -2.18. The molecule has 0 fully saturated rings. The number of rotatable bonds is 0. The molecule has 0 amide bonds.